The molecule has 28 heavy (non-hydrogen) atoms. The van der Waals surface area contributed by atoms with Crippen molar-refractivity contribution in [3.05, 3.63) is 90.3 Å². The first-order valence-corrected chi connectivity index (χ1v) is 8.64. The zero-order valence-electron chi connectivity index (χ0n) is 14.8. The van der Waals surface area contributed by atoms with Gasteiger partial charge >= 0.3 is 0 Å². The van der Waals surface area contributed by atoms with Crippen LogP contribution in [0.2, 0.25) is 0 Å². The molecular formula is C22H16N4O2. The molecule has 0 radical (unpaired) electrons. The molecule has 0 saturated heterocycles. The van der Waals surface area contributed by atoms with Crippen molar-refractivity contribution >= 4 is 23.0 Å². The maximum Gasteiger partial charge on any atom is 0.272 e. The number of aromatic hydroxyl groups is 1. The first-order valence-electron chi connectivity index (χ1n) is 8.64. The molecule has 6 heteroatoms. The van der Waals surface area contributed by atoms with Crippen molar-refractivity contribution in [2.24, 2.45) is 5.10 Å². The van der Waals surface area contributed by atoms with Crippen molar-refractivity contribution in [3.63, 3.8) is 0 Å². The Labute approximate surface area is 161 Å². The molecule has 2 aromatic heterocycles. The number of carbonyl (C=O) groups excluding carboxylic acids is 1. The summed E-state index contributed by atoms with van der Waals surface area (Å²) in [6, 6.07) is 19.6. The molecule has 1 amide bonds. The number of phenols is 1. The lowest BCUT2D eigenvalue weighted by molar-refractivity contribution is 0.0956. The Morgan fingerprint density at radius 1 is 1.04 bits per heavy atom. The number of aromatic nitrogens is 2. The van der Waals surface area contributed by atoms with Crippen molar-refractivity contribution < 1.29 is 9.90 Å². The Balaban J connectivity index is 1.69. The van der Waals surface area contributed by atoms with Gasteiger partial charge in [-0.05, 0) is 36.4 Å². The van der Waals surface area contributed by atoms with E-state index in [1.165, 1.54) is 6.21 Å². The number of hydrogen-bond acceptors (Lipinski definition) is 5. The van der Waals surface area contributed by atoms with E-state index >= 15 is 0 Å². The lowest BCUT2D eigenvalue weighted by Crippen LogP contribution is -2.18. The maximum atomic E-state index is 12.8. The average Bonchev–Trinajstić information content (AvgIpc) is 2.75. The third kappa shape index (κ3) is 3.57. The van der Waals surface area contributed by atoms with Crippen LogP contribution in [-0.4, -0.2) is 27.2 Å². The van der Waals surface area contributed by atoms with Gasteiger partial charge < -0.3 is 5.11 Å². The normalized spacial score (nSPS) is 11.0. The topological polar surface area (TPSA) is 87.5 Å². The van der Waals surface area contributed by atoms with Gasteiger partial charge in [-0.3, -0.25) is 9.78 Å². The van der Waals surface area contributed by atoms with Gasteiger partial charge in [0.1, 0.15) is 5.75 Å². The van der Waals surface area contributed by atoms with Crippen LogP contribution in [0.1, 0.15) is 15.9 Å². The first-order chi connectivity index (χ1) is 13.7. The van der Waals surface area contributed by atoms with Crippen LogP contribution in [0.25, 0.3) is 22.2 Å². The lowest BCUT2D eigenvalue weighted by Gasteiger charge is -2.08. The van der Waals surface area contributed by atoms with Crippen LogP contribution in [0, 0.1) is 0 Å². The molecule has 2 heterocycles. The van der Waals surface area contributed by atoms with Crippen LogP contribution < -0.4 is 5.43 Å². The van der Waals surface area contributed by atoms with Gasteiger partial charge in [0.2, 0.25) is 0 Å². The molecule has 4 rings (SSSR count). The maximum absolute atomic E-state index is 12.8. The minimum atomic E-state index is -0.365. The highest BCUT2D eigenvalue weighted by Gasteiger charge is 2.13. The Kier molecular flexibility index (Phi) is 4.76. The number of nitrogens with zero attached hydrogens (tertiary/aromatic N) is 3. The van der Waals surface area contributed by atoms with E-state index in [-0.39, 0.29) is 11.7 Å². The van der Waals surface area contributed by atoms with E-state index in [9.17, 15) is 9.90 Å². The van der Waals surface area contributed by atoms with Crippen LogP contribution in [0.5, 0.6) is 5.75 Å². The van der Waals surface area contributed by atoms with E-state index in [2.05, 4.69) is 20.5 Å². The van der Waals surface area contributed by atoms with Crippen molar-refractivity contribution in [1.82, 2.24) is 15.4 Å². The Morgan fingerprint density at radius 3 is 2.68 bits per heavy atom. The first kappa shape index (κ1) is 17.4. The molecule has 4 aromatic rings. The van der Waals surface area contributed by atoms with E-state index < -0.39 is 0 Å². The van der Waals surface area contributed by atoms with Crippen LogP contribution in [0.15, 0.2) is 84.2 Å². The molecule has 6 nitrogen and oxygen atoms in total. The smallest absolute Gasteiger partial charge is 0.272 e. The van der Waals surface area contributed by atoms with Crippen LogP contribution in [-0.2, 0) is 0 Å². The number of nitrogens with one attached hydrogen (secondary N) is 1. The fourth-order valence-corrected chi connectivity index (χ4v) is 2.84. The predicted octanol–water partition coefficient (Wildman–Crippen LogP) is 3.77. The molecule has 0 aliphatic carbocycles. The number of pyridine rings is 2. The summed E-state index contributed by atoms with van der Waals surface area (Å²) in [4.78, 5) is 21.5. The van der Waals surface area contributed by atoms with Crippen molar-refractivity contribution in [2.45, 2.75) is 0 Å². The number of para-hydroxylation sites is 2. The van der Waals surface area contributed by atoms with Gasteiger partial charge in [0, 0.05) is 28.9 Å². The van der Waals surface area contributed by atoms with Gasteiger partial charge in [-0.1, -0.05) is 30.3 Å². The molecule has 136 valence electrons. The summed E-state index contributed by atoms with van der Waals surface area (Å²) in [7, 11) is 0. The van der Waals surface area contributed by atoms with Gasteiger partial charge in [0.15, 0.2) is 0 Å². The molecule has 0 atom stereocenters. The van der Waals surface area contributed by atoms with E-state index in [1.807, 2.05) is 36.4 Å². The number of benzene rings is 2. The number of hydrazone groups is 1. The zero-order valence-corrected chi connectivity index (χ0v) is 14.8. The molecule has 0 bridgehead atoms. The van der Waals surface area contributed by atoms with Crippen molar-refractivity contribution in [3.8, 4) is 17.0 Å². The molecule has 0 spiro atoms. The fraction of sp³-hybridized carbons (Fsp3) is 0. The minimum Gasteiger partial charge on any atom is -0.507 e. The molecular weight excluding hydrogens is 352 g/mol. The van der Waals surface area contributed by atoms with Crippen molar-refractivity contribution in [2.75, 3.05) is 0 Å². The van der Waals surface area contributed by atoms with Gasteiger partial charge in [-0.25, -0.2) is 10.4 Å². The van der Waals surface area contributed by atoms with Crippen LogP contribution in [0.3, 0.4) is 0 Å². The predicted molar refractivity (Wildman–Crippen MR) is 108 cm³/mol. The van der Waals surface area contributed by atoms with E-state index in [0.29, 0.717) is 22.3 Å². The second-order valence-electron chi connectivity index (χ2n) is 6.07. The Morgan fingerprint density at radius 2 is 1.86 bits per heavy atom. The summed E-state index contributed by atoms with van der Waals surface area (Å²) in [6.07, 6.45) is 4.79. The number of amides is 1. The SMILES string of the molecule is O=C(N/N=C/c1ccccc1O)c1cc(-c2cccnc2)nc2ccccc12. The highest BCUT2D eigenvalue weighted by atomic mass is 16.3. The minimum absolute atomic E-state index is 0.0914. The number of rotatable bonds is 4. The van der Waals surface area contributed by atoms with Gasteiger partial charge in [0.05, 0.1) is 23.0 Å². The highest BCUT2D eigenvalue weighted by Crippen LogP contribution is 2.24. The van der Waals surface area contributed by atoms with E-state index in [1.54, 1.807) is 42.7 Å². The average molecular weight is 368 g/mol. The van der Waals surface area contributed by atoms with Gasteiger partial charge in [-0.15, -0.1) is 0 Å². The summed E-state index contributed by atoms with van der Waals surface area (Å²) in [5.41, 5.74) is 5.67. The summed E-state index contributed by atoms with van der Waals surface area (Å²) in [6.45, 7) is 0. The zero-order chi connectivity index (χ0) is 19.3. The number of fused-ring (bicyclic) bond motifs is 1. The Bertz CT molecular complexity index is 1170. The quantitative estimate of drug-likeness (QED) is 0.424. The number of hydrogen-bond donors (Lipinski definition) is 2. The Hall–Kier alpha value is -4.06. The number of carbonyl (C=O) groups is 1. The monoisotopic (exact) mass is 368 g/mol. The highest BCUT2D eigenvalue weighted by molar-refractivity contribution is 6.07. The second kappa shape index (κ2) is 7.67. The molecule has 0 unspecified atom stereocenters. The molecule has 0 fully saturated rings. The molecule has 2 aromatic carbocycles. The summed E-state index contributed by atoms with van der Waals surface area (Å²) < 4.78 is 0. The molecule has 0 aliphatic heterocycles. The molecule has 0 saturated carbocycles. The lowest BCUT2D eigenvalue weighted by atomic mass is 10.0. The van der Waals surface area contributed by atoms with Crippen LogP contribution >= 0.6 is 0 Å². The van der Waals surface area contributed by atoms with Gasteiger partial charge in [0.25, 0.3) is 5.91 Å². The third-order valence-corrected chi connectivity index (χ3v) is 4.22. The fourth-order valence-electron chi connectivity index (χ4n) is 2.84. The largest absolute Gasteiger partial charge is 0.507 e. The number of phenolic OH excluding ortho intramolecular Hbond substituents is 1. The summed E-state index contributed by atoms with van der Waals surface area (Å²) in [5, 5.41) is 14.5. The summed E-state index contributed by atoms with van der Waals surface area (Å²) >= 11 is 0. The van der Waals surface area contributed by atoms with Crippen LogP contribution in [0.4, 0.5) is 0 Å². The van der Waals surface area contributed by atoms with Crippen molar-refractivity contribution in [1.29, 1.82) is 0 Å². The second-order valence-corrected chi connectivity index (χ2v) is 6.07. The summed E-state index contributed by atoms with van der Waals surface area (Å²) in [5.74, 6) is -0.274. The molecule has 0 aliphatic rings. The van der Waals surface area contributed by atoms with Gasteiger partial charge in [-0.2, -0.15) is 5.10 Å². The standard InChI is InChI=1S/C22H16N4O2/c27-21-10-4-1-6-16(21)14-24-26-22(28)18-12-20(15-7-5-11-23-13-15)25-19-9-3-2-8-17(18)19/h1-14,27H,(H,26,28)/b24-14+. The third-order valence-electron chi connectivity index (χ3n) is 4.22. The van der Waals surface area contributed by atoms with E-state index in [4.69, 9.17) is 0 Å². The molecule has 2 N–H and O–H groups in total. The van der Waals surface area contributed by atoms with E-state index in [0.717, 1.165) is 10.9 Å².